The lowest BCUT2D eigenvalue weighted by atomic mass is 10.3. The number of esters is 1. The molecule has 1 heterocycles. The Hall–Kier alpha value is -1.23. The van der Waals surface area contributed by atoms with Crippen LogP contribution < -0.4 is 5.73 Å². The van der Waals surface area contributed by atoms with E-state index in [4.69, 9.17) is 10.5 Å². The Morgan fingerprint density at radius 1 is 1.60 bits per heavy atom. The minimum Gasteiger partial charge on any atom is -0.461 e. The number of nitrogens with zero attached hydrogens (tertiary/aromatic N) is 1. The molecular formula is C10H14N2O2S. The molecule has 0 radical (unpaired) electrons. The minimum atomic E-state index is -0.392. The molecule has 0 spiro atoms. The zero-order valence-corrected chi connectivity index (χ0v) is 9.42. The predicted octanol–water partition coefficient (Wildman–Crippen LogP) is 1.57. The van der Waals surface area contributed by atoms with Gasteiger partial charge in [0.05, 0.1) is 18.5 Å². The second kappa shape index (κ2) is 6.29. The largest absolute Gasteiger partial charge is 0.461 e. The Bertz CT molecular complexity index is 314. The maximum Gasteiger partial charge on any atom is 0.356 e. The van der Waals surface area contributed by atoms with Gasteiger partial charge in [-0.25, -0.2) is 9.78 Å². The third kappa shape index (κ3) is 4.20. The molecule has 15 heavy (non-hydrogen) atoms. The standard InChI is InChI=1S/C10H14N2O2S/c1-15-6-2-5-14-10(13)9-4-3-8(11)7-12-9/h3-4,7H,2,5-6,11H2,1H3. The molecule has 0 atom stereocenters. The first-order chi connectivity index (χ1) is 7.24. The van der Waals surface area contributed by atoms with Crippen molar-refractivity contribution < 1.29 is 9.53 Å². The molecule has 82 valence electrons. The van der Waals surface area contributed by atoms with Gasteiger partial charge in [0.2, 0.25) is 0 Å². The Labute approximate surface area is 93.2 Å². The molecule has 5 heteroatoms. The van der Waals surface area contributed by atoms with Gasteiger partial charge in [0.1, 0.15) is 5.69 Å². The fourth-order valence-electron chi connectivity index (χ4n) is 0.968. The quantitative estimate of drug-likeness (QED) is 0.610. The molecule has 1 aromatic heterocycles. The van der Waals surface area contributed by atoms with E-state index >= 15 is 0 Å². The number of ether oxygens (including phenoxy) is 1. The van der Waals surface area contributed by atoms with Crippen molar-refractivity contribution in [3.05, 3.63) is 24.0 Å². The van der Waals surface area contributed by atoms with Crippen molar-refractivity contribution in [2.75, 3.05) is 24.3 Å². The molecule has 0 amide bonds. The van der Waals surface area contributed by atoms with Gasteiger partial charge in [-0.3, -0.25) is 0 Å². The SMILES string of the molecule is CSCCCOC(=O)c1ccc(N)cn1. The van der Waals surface area contributed by atoms with Crippen LogP contribution in [-0.2, 0) is 4.74 Å². The Balaban J connectivity index is 2.37. The van der Waals surface area contributed by atoms with Crippen LogP contribution in [0.25, 0.3) is 0 Å². The summed E-state index contributed by atoms with van der Waals surface area (Å²) in [6.07, 6.45) is 4.32. The highest BCUT2D eigenvalue weighted by Gasteiger charge is 2.07. The number of rotatable bonds is 5. The summed E-state index contributed by atoms with van der Waals surface area (Å²) in [7, 11) is 0. The minimum absolute atomic E-state index is 0.299. The van der Waals surface area contributed by atoms with Crippen LogP contribution in [0.2, 0.25) is 0 Å². The molecule has 0 aliphatic carbocycles. The van der Waals surface area contributed by atoms with Crippen LogP contribution in [0.15, 0.2) is 18.3 Å². The van der Waals surface area contributed by atoms with Crippen LogP contribution in [0, 0.1) is 0 Å². The van der Waals surface area contributed by atoms with Gasteiger partial charge in [0.15, 0.2) is 0 Å². The molecule has 1 aromatic rings. The molecule has 0 aliphatic rings. The van der Waals surface area contributed by atoms with Gasteiger partial charge in [0.25, 0.3) is 0 Å². The number of nitrogens with two attached hydrogens (primary N) is 1. The van der Waals surface area contributed by atoms with E-state index in [-0.39, 0.29) is 0 Å². The summed E-state index contributed by atoms with van der Waals surface area (Å²) in [5.74, 6) is 0.596. The van der Waals surface area contributed by atoms with Gasteiger partial charge >= 0.3 is 5.97 Å². The first-order valence-corrected chi connectivity index (χ1v) is 6.01. The second-order valence-electron chi connectivity index (χ2n) is 2.96. The molecule has 0 bridgehead atoms. The van der Waals surface area contributed by atoms with Crippen molar-refractivity contribution in [3.8, 4) is 0 Å². The van der Waals surface area contributed by atoms with Gasteiger partial charge in [-0.1, -0.05) is 0 Å². The van der Waals surface area contributed by atoms with E-state index in [2.05, 4.69) is 4.98 Å². The van der Waals surface area contributed by atoms with Crippen molar-refractivity contribution >= 4 is 23.4 Å². The summed E-state index contributed by atoms with van der Waals surface area (Å²) < 4.78 is 5.01. The summed E-state index contributed by atoms with van der Waals surface area (Å²) in [6, 6.07) is 3.19. The van der Waals surface area contributed by atoms with Crippen molar-refractivity contribution in [2.45, 2.75) is 6.42 Å². The van der Waals surface area contributed by atoms with E-state index in [1.54, 1.807) is 23.9 Å². The summed E-state index contributed by atoms with van der Waals surface area (Å²) in [6.45, 7) is 0.436. The molecular weight excluding hydrogens is 212 g/mol. The van der Waals surface area contributed by atoms with Gasteiger partial charge in [0, 0.05) is 0 Å². The normalized spacial score (nSPS) is 9.93. The Morgan fingerprint density at radius 2 is 2.40 bits per heavy atom. The molecule has 0 saturated heterocycles. The first-order valence-electron chi connectivity index (χ1n) is 4.61. The fourth-order valence-corrected chi connectivity index (χ4v) is 1.37. The topological polar surface area (TPSA) is 65.2 Å². The second-order valence-corrected chi connectivity index (χ2v) is 3.94. The van der Waals surface area contributed by atoms with Crippen LogP contribution in [-0.4, -0.2) is 29.6 Å². The van der Waals surface area contributed by atoms with Gasteiger partial charge in [-0.05, 0) is 30.6 Å². The highest BCUT2D eigenvalue weighted by atomic mass is 32.2. The molecule has 0 fully saturated rings. The van der Waals surface area contributed by atoms with Crippen LogP contribution in [0.1, 0.15) is 16.9 Å². The number of hydrogen-bond donors (Lipinski definition) is 1. The third-order valence-corrected chi connectivity index (χ3v) is 2.42. The number of carbonyl (C=O) groups is 1. The number of carbonyl (C=O) groups excluding carboxylic acids is 1. The lowest BCUT2D eigenvalue weighted by Crippen LogP contribution is -2.09. The monoisotopic (exact) mass is 226 g/mol. The summed E-state index contributed by atoms with van der Waals surface area (Å²) >= 11 is 1.73. The van der Waals surface area contributed by atoms with Gasteiger partial charge in [-0.15, -0.1) is 0 Å². The molecule has 0 saturated carbocycles. The number of hydrogen-bond acceptors (Lipinski definition) is 5. The van der Waals surface area contributed by atoms with Crippen molar-refractivity contribution in [1.82, 2.24) is 4.98 Å². The zero-order chi connectivity index (χ0) is 11.1. The highest BCUT2D eigenvalue weighted by Crippen LogP contribution is 2.03. The van der Waals surface area contributed by atoms with E-state index < -0.39 is 5.97 Å². The number of thioether (sulfide) groups is 1. The van der Waals surface area contributed by atoms with Crippen LogP contribution >= 0.6 is 11.8 Å². The Morgan fingerprint density at radius 3 is 3.00 bits per heavy atom. The fraction of sp³-hybridized carbons (Fsp3) is 0.400. The maximum atomic E-state index is 11.4. The molecule has 2 N–H and O–H groups in total. The maximum absolute atomic E-state index is 11.4. The lowest BCUT2D eigenvalue weighted by Gasteiger charge is -2.03. The van der Waals surface area contributed by atoms with Crippen LogP contribution in [0.4, 0.5) is 5.69 Å². The lowest BCUT2D eigenvalue weighted by molar-refractivity contribution is 0.0499. The summed E-state index contributed by atoms with van der Waals surface area (Å²) in [4.78, 5) is 15.3. The van der Waals surface area contributed by atoms with Crippen molar-refractivity contribution in [2.24, 2.45) is 0 Å². The smallest absolute Gasteiger partial charge is 0.356 e. The number of aromatic nitrogens is 1. The van der Waals surface area contributed by atoms with Gasteiger partial charge in [-0.2, -0.15) is 11.8 Å². The van der Waals surface area contributed by atoms with E-state index in [0.717, 1.165) is 12.2 Å². The average molecular weight is 226 g/mol. The van der Waals surface area contributed by atoms with Crippen LogP contribution in [0.3, 0.4) is 0 Å². The summed E-state index contributed by atoms with van der Waals surface area (Å²) in [5, 5.41) is 0. The summed E-state index contributed by atoms with van der Waals surface area (Å²) in [5.41, 5.74) is 6.28. The molecule has 1 rings (SSSR count). The van der Waals surface area contributed by atoms with Crippen molar-refractivity contribution in [3.63, 3.8) is 0 Å². The Kier molecular flexibility index (Phi) is 4.97. The molecule has 0 unspecified atom stereocenters. The molecule has 4 nitrogen and oxygen atoms in total. The highest BCUT2D eigenvalue weighted by molar-refractivity contribution is 7.98. The van der Waals surface area contributed by atoms with E-state index in [1.165, 1.54) is 6.20 Å². The zero-order valence-electron chi connectivity index (χ0n) is 8.60. The van der Waals surface area contributed by atoms with E-state index in [1.807, 2.05) is 6.26 Å². The van der Waals surface area contributed by atoms with Crippen molar-refractivity contribution in [1.29, 1.82) is 0 Å². The number of pyridine rings is 1. The number of anilines is 1. The van der Waals surface area contributed by atoms with E-state index in [9.17, 15) is 4.79 Å². The van der Waals surface area contributed by atoms with Crippen LogP contribution in [0.5, 0.6) is 0 Å². The number of nitrogen functional groups attached to an aromatic ring is 1. The average Bonchev–Trinajstić information content (AvgIpc) is 2.25. The molecule has 0 aromatic carbocycles. The third-order valence-electron chi connectivity index (χ3n) is 1.72. The molecule has 0 aliphatic heterocycles. The van der Waals surface area contributed by atoms with E-state index in [0.29, 0.717) is 18.0 Å². The first kappa shape index (κ1) is 11.8. The van der Waals surface area contributed by atoms with Gasteiger partial charge < -0.3 is 10.5 Å². The predicted molar refractivity (Wildman–Crippen MR) is 61.9 cm³/mol.